The Kier molecular flexibility index (Phi) is 4.42. The van der Waals surface area contributed by atoms with Crippen LogP contribution in [0.2, 0.25) is 0 Å². The number of carbonyl (C=O) groups excluding carboxylic acids is 1. The Morgan fingerprint density at radius 3 is 2.74 bits per heavy atom. The van der Waals surface area contributed by atoms with Crippen molar-refractivity contribution in [1.82, 2.24) is 15.3 Å². The van der Waals surface area contributed by atoms with Gasteiger partial charge in [0.25, 0.3) is 0 Å². The number of benzene rings is 1. The summed E-state index contributed by atoms with van der Waals surface area (Å²) in [6, 6.07) is 11.9. The molecular formula is C19H20N3O. The zero-order chi connectivity index (χ0) is 16.2. The van der Waals surface area contributed by atoms with E-state index in [2.05, 4.69) is 21.4 Å². The molecule has 0 bridgehead atoms. The van der Waals surface area contributed by atoms with E-state index in [0.717, 1.165) is 22.6 Å². The van der Waals surface area contributed by atoms with E-state index in [0.29, 0.717) is 6.42 Å². The number of pyridine rings is 1. The van der Waals surface area contributed by atoms with Gasteiger partial charge in [-0.3, -0.25) is 9.78 Å². The van der Waals surface area contributed by atoms with Crippen LogP contribution in [0, 0.1) is 5.92 Å². The molecule has 3 rings (SSSR count). The van der Waals surface area contributed by atoms with Crippen LogP contribution in [-0.2, 0) is 11.2 Å². The Balaban J connectivity index is 1.66. The second kappa shape index (κ2) is 6.65. The van der Waals surface area contributed by atoms with Gasteiger partial charge in [0.1, 0.15) is 0 Å². The first-order chi connectivity index (χ1) is 11.1. The molecule has 4 heteroatoms. The Hall–Kier alpha value is -2.62. The van der Waals surface area contributed by atoms with Gasteiger partial charge in [-0.05, 0) is 49.6 Å². The molecule has 0 aliphatic rings. The van der Waals surface area contributed by atoms with Crippen LogP contribution >= 0.6 is 0 Å². The van der Waals surface area contributed by atoms with Gasteiger partial charge in [-0.1, -0.05) is 18.2 Å². The zero-order valence-corrected chi connectivity index (χ0v) is 13.3. The molecule has 0 saturated carbocycles. The highest BCUT2D eigenvalue weighted by atomic mass is 16.1. The monoisotopic (exact) mass is 306 g/mol. The average Bonchev–Trinajstić information content (AvgIpc) is 2.98. The van der Waals surface area contributed by atoms with Gasteiger partial charge in [-0.2, -0.15) is 0 Å². The van der Waals surface area contributed by atoms with Crippen molar-refractivity contribution in [2.75, 3.05) is 0 Å². The molecular weight excluding hydrogens is 286 g/mol. The van der Waals surface area contributed by atoms with Crippen LogP contribution in [0.5, 0.6) is 0 Å². The number of para-hydroxylation sites is 1. The second-order valence-corrected chi connectivity index (χ2v) is 5.79. The van der Waals surface area contributed by atoms with Crippen LogP contribution in [0.25, 0.3) is 10.9 Å². The van der Waals surface area contributed by atoms with Gasteiger partial charge in [0.15, 0.2) is 0 Å². The number of hydrogen-bond donors (Lipinski definition) is 2. The molecule has 23 heavy (non-hydrogen) atoms. The fourth-order valence-corrected chi connectivity index (χ4v) is 2.70. The van der Waals surface area contributed by atoms with Crippen molar-refractivity contribution in [2.45, 2.75) is 26.3 Å². The van der Waals surface area contributed by atoms with Crippen LogP contribution in [0.3, 0.4) is 0 Å². The number of nitrogens with zero attached hydrogens (tertiary/aromatic N) is 1. The van der Waals surface area contributed by atoms with Crippen molar-refractivity contribution in [3.05, 3.63) is 72.0 Å². The highest BCUT2D eigenvalue weighted by Crippen LogP contribution is 2.22. The summed E-state index contributed by atoms with van der Waals surface area (Å²) < 4.78 is 0. The van der Waals surface area contributed by atoms with Crippen LogP contribution in [0.1, 0.15) is 31.0 Å². The van der Waals surface area contributed by atoms with E-state index in [4.69, 9.17) is 0 Å². The lowest BCUT2D eigenvalue weighted by Gasteiger charge is -2.17. The van der Waals surface area contributed by atoms with Crippen molar-refractivity contribution in [3.63, 3.8) is 0 Å². The largest absolute Gasteiger partial charge is 0.361 e. The molecule has 3 aromatic rings. The summed E-state index contributed by atoms with van der Waals surface area (Å²) in [5.74, 6) is 0.787. The van der Waals surface area contributed by atoms with Crippen LogP contribution in [-0.4, -0.2) is 15.9 Å². The van der Waals surface area contributed by atoms with Crippen molar-refractivity contribution in [3.8, 4) is 0 Å². The summed E-state index contributed by atoms with van der Waals surface area (Å²) in [5.41, 5.74) is 3.29. The minimum Gasteiger partial charge on any atom is -0.361 e. The van der Waals surface area contributed by atoms with E-state index >= 15 is 0 Å². The quantitative estimate of drug-likeness (QED) is 0.757. The number of nitrogens with one attached hydrogen (secondary N) is 2. The first-order valence-electron chi connectivity index (χ1n) is 7.73. The number of carbonyl (C=O) groups is 1. The minimum absolute atomic E-state index is 0.0143. The normalized spacial score (nSPS) is 12.5. The first kappa shape index (κ1) is 15.3. The Bertz CT molecular complexity index is 794. The lowest BCUT2D eigenvalue weighted by molar-refractivity contribution is -0.119. The lowest BCUT2D eigenvalue weighted by atomic mass is 9.99. The molecule has 2 N–H and O–H groups in total. The highest BCUT2D eigenvalue weighted by molar-refractivity contribution is 5.91. The van der Waals surface area contributed by atoms with Crippen molar-refractivity contribution in [1.29, 1.82) is 0 Å². The SMILES string of the molecule is C[C](Cc1c[nH]c2ccccc12)C(=O)NC(C)c1ccncc1. The van der Waals surface area contributed by atoms with Crippen LogP contribution in [0.4, 0.5) is 0 Å². The number of amides is 1. The molecule has 1 unspecified atom stereocenters. The average molecular weight is 306 g/mol. The molecule has 2 aromatic heterocycles. The Morgan fingerprint density at radius 2 is 1.96 bits per heavy atom. The predicted molar refractivity (Wildman–Crippen MR) is 91.7 cm³/mol. The third-order valence-electron chi connectivity index (χ3n) is 4.07. The van der Waals surface area contributed by atoms with E-state index in [1.807, 2.05) is 50.4 Å². The molecule has 4 nitrogen and oxygen atoms in total. The summed E-state index contributed by atoms with van der Waals surface area (Å²) in [7, 11) is 0. The van der Waals surface area contributed by atoms with Gasteiger partial charge in [0.05, 0.1) is 12.0 Å². The number of hydrogen-bond acceptors (Lipinski definition) is 2. The number of aromatic amines is 1. The van der Waals surface area contributed by atoms with E-state index in [9.17, 15) is 4.79 Å². The molecule has 2 heterocycles. The fraction of sp³-hybridized carbons (Fsp3) is 0.211. The summed E-state index contributed by atoms with van der Waals surface area (Å²) >= 11 is 0. The maximum atomic E-state index is 12.4. The molecule has 1 aromatic carbocycles. The number of H-pyrrole nitrogens is 1. The number of rotatable bonds is 5. The van der Waals surface area contributed by atoms with Crippen molar-refractivity contribution in [2.24, 2.45) is 0 Å². The molecule has 1 amide bonds. The van der Waals surface area contributed by atoms with Crippen molar-refractivity contribution >= 4 is 16.8 Å². The lowest BCUT2D eigenvalue weighted by Crippen LogP contribution is -2.31. The van der Waals surface area contributed by atoms with Gasteiger partial charge < -0.3 is 10.3 Å². The zero-order valence-electron chi connectivity index (χ0n) is 13.3. The van der Waals surface area contributed by atoms with E-state index in [1.54, 1.807) is 12.4 Å². The third-order valence-corrected chi connectivity index (χ3v) is 4.07. The molecule has 117 valence electrons. The summed E-state index contributed by atoms with van der Waals surface area (Å²) in [6.07, 6.45) is 6.09. The van der Waals surface area contributed by atoms with Crippen LogP contribution in [0.15, 0.2) is 55.0 Å². The molecule has 0 fully saturated rings. The predicted octanol–water partition coefficient (Wildman–Crippen LogP) is 3.58. The van der Waals surface area contributed by atoms with E-state index in [1.165, 1.54) is 5.39 Å². The van der Waals surface area contributed by atoms with Gasteiger partial charge in [0.2, 0.25) is 5.91 Å². The van der Waals surface area contributed by atoms with Gasteiger partial charge in [0, 0.05) is 29.5 Å². The highest BCUT2D eigenvalue weighted by Gasteiger charge is 2.18. The van der Waals surface area contributed by atoms with Gasteiger partial charge in [-0.25, -0.2) is 0 Å². The standard InChI is InChI=1S/C19H20N3O/c1-13(11-16-12-21-18-6-4-3-5-17(16)18)19(23)22-14(2)15-7-9-20-10-8-15/h3-10,12,14,21H,11H2,1-2H3,(H,22,23). The summed E-state index contributed by atoms with van der Waals surface area (Å²) in [6.45, 7) is 3.86. The molecule has 0 aliphatic carbocycles. The molecule has 0 aliphatic heterocycles. The summed E-state index contributed by atoms with van der Waals surface area (Å²) in [4.78, 5) is 19.7. The smallest absolute Gasteiger partial charge is 0.227 e. The maximum Gasteiger partial charge on any atom is 0.227 e. The maximum absolute atomic E-state index is 12.4. The number of aromatic nitrogens is 2. The Morgan fingerprint density at radius 1 is 1.22 bits per heavy atom. The molecule has 1 atom stereocenters. The number of fused-ring (bicyclic) bond motifs is 1. The van der Waals surface area contributed by atoms with Gasteiger partial charge >= 0.3 is 0 Å². The minimum atomic E-state index is -0.0385. The second-order valence-electron chi connectivity index (χ2n) is 5.79. The topological polar surface area (TPSA) is 57.8 Å². The van der Waals surface area contributed by atoms with Crippen molar-refractivity contribution < 1.29 is 4.79 Å². The van der Waals surface area contributed by atoms with Crippen LogP contribution < -0.4 is 5.32 Å². The summed E-state index contributed by atoms with van der Waals surface area (Å²) in [5, 5.41) is 4.21. The Labute approximate surface area is 136 Å². The van der Waals surface area contributed by atoms with Gasteiger partial charge in [-0.15, -0.1) is 0 Å². The van der Waals surface area contributed by atoms with E-state index < -0.39 is 0 Å². The third kappa shape index (κ3) is 3.42. The van der Waals surface area contributed by atoms with E-state index in [-0.39, 0.29) is 11.9 Å². The fourth-order valence-electron chi connectivity index (χ4n) is 2.70. The molecule has 0 saturated heterocycles. The molecule has 0 spiro atoms. The molecule has 1 radical (unpaired) electrons. The first-order valence-corrected chi connectivity index (χ1v) is 7.73.